The van der Waals surface area contributed by atoms with Crippen LogP contribution in [0.5, 0.6) is 0 Å². The number of urea groups is 1. The summed E-state index contributed by atoms with van der Waals surface area (Å²) in [5.41, 5.74) is 17.0. The molecule has 6 amide bonds. The lowest BCUT2D eigenvalue weighted by molar-refractivity contribution is -0.172. The maximum Gasteiger partial charge on any atom is 0.318 e. The Bertz CT molecular complexity index is 812. The number of benzene rings is 1. The minimum Gasteiger partial charge on any atom is -0.369 e. The topological polar surface area (TPSA) is 205 Å². The number of carbonyl (C=O) groups excluding carboxylic acids is 5. The van der Waals surface area contributed by atoms with E-state index in [4.69, 9.17) is 22.9 Å². The van der Waals surface area contributed by atoms with Crippen LogP contribution in [0, 0.1) is 5.41 Å². The Balaban J connectivity index is 3.00. The standard InChI is InChI=1S/C17H22N6O5/c1-22-15(28)23-8-7-10(9-5-3-2-4-6-9)16(11(18)24,12(19)25)17(23,13(20)26)14(21)27/h2-6,10H,7-8H2,1H3,(H2,18,24)(H2,19,25)(H2,20,26)(H2,21,27)(H,22,28). The van der Waals surface area contributed by atoms with E-state index in [1.54, 1.807) is 30.3 Å². The molecule has 2 rings (SSSR count). The molecule has 11 heteroatoms. The number of primary amides is 4. The summed E-state index contributed by atoms with van der Waals surface area (Å²) >= 11 is 0. The number of rotatable bonds is 5. The van der Waals surface area contributed by atoms with Gasteiger partial charge in [-0.15, -0.1) is 0 Å². The first-order valence-corrected chi connectivity index (χ1v) is 8.34. The highest BCUT2D eigenvalue weighted by Crippen LogP contribution is 2.52. The van der Waals surface area contributed by atoms with Crippen LogP contribution in [-0.4, -0.2) is 53.7 Å². The molecular formula is C17H22N6O5. The molecule has 28 heavy (non-hydrogen) atoms. The average molecular weight is 390 g/mol. The minimum atomic E-state index is -2.90. The lowest BCUT2D eigenvalue weighted by Gasteiger charge is -2.55. The van der Waals surface area contributed by atoms with Crippen LogP contribution in [-0.2, 0) is 19.2 Å². The van der Waals surface area contributed by atoms with Crippen LogP contribution in [0.15, 0.2) is 30.3 Å². The van der Waals surface area contributed by atoms with E-state index in [1.165, 1.54) is 7.05 Å². The molecule has 9 N–H and O–H groups in total. The van der Waals surface area contributed by atoms with Crippen LogP contribution in [0.2, 0.25) is 0 Å². The molecule has 1 unspecified atom stereocenters. The largest absolute Gasteiger partial charge is 0.369 e. The fourth-order valence-electron chi connectivity index (χ4n) is 4.20. The zero-order chi connectivity index (χ0) is 21.3. The van der Waals surface area contributed by atoms with Gasteiger partial charge in [0.1, 0.15) is 0 Å². The van der Waals surface area contributed by atoms with Crippen LogP contribution in [0.3, 0.4) is 0 Å². The Morgan fingerprint density at radius 2 is 1.43 bits per heavy atom. The number of likely N-dealkylation sites (tertiary alicyclic amines) is 1. The number of nitrogens with zero attached hydrogens (tertiary/aromatic N) is 1. The molecule has 0 bridgehead atoms. The molecule has 1 atom stereocenters. The highest BCUT2D eigenvalue weighted by molar-refractivity contribution is 6.23. The van der Waals surface area contributed by atoms with E-state index in [0.29, 0.717) is 10.5 Å². The molecule has 1 aromatic carbocycles. The summed E-state index contributed by atoms with van der Waals surface area (Å²) in [6.45, 7) is -0.215. The number of amides is 6. The van der Waals surface area contributed by atoms with Crippen molar-refractivity contribution in [2.75, 3.05) is 13.6 Å². The summed E-state index contributed by atoms with van der Waals surface area (Å²) in [5.74, 6) is -6.87. The Hall–Kier alpha value is -3.63. The maximum absolute atomic E-state index is 12.7. The first-order chi connectivity index (χ1) is 13.1. The van der Waals surface area contributed by atoms with Gasteiger partial charge in [-0.2, -0.15) is 0 Å². The summed E-state index contributed by atoms with van der Waals surface area (Å²) in [5, 5.41) is 2.24. The molecule has 1 aliphatic rings. The van der Waals surface area contributed by atoms with Crippen LogP contribution in [0.1, 0.15) is 17.9 Å². The van der Waals surface area contributed by atoms with Gasteiger partial charge in [-0.25, -0.2) is 4.79 Å². The van der Waals surface area contributed by atoms with Gasteiger partial charge in [-0.1, -0.05) is 30.3 Å². The molecule has 1 fully saturated rings. The van der Waals surface area contributed by atoms with Gasteiger partial charge in [0.2, 0.25) is 17.4 Å². The van der Waals surface area contributed by atoms with Crippen LogP contribution >= 0.6 is 0 Å². The Kier molecular flexibility index (Phi) is 5.30. The molecule has 0 radical (unpaired) electrons. The summed E-state index contributed by atoms with van der Waals surface area (Å²) < 4.78 is 0. The quantitative estimate of drug-likeness (QED) is 0.344. The lowest BCUT2D eigenvalue weighted by Crippen LogP contribution is -2.83. The second kappa shape index (κ2) is 7.18. The van der Waals surface area contributed by atoms with Crippen molar-refractivity contribution in [3.63, 3.8) is 0 Å². The molecule has 1 saturated heterocycles. The summed E-state index contributed by atoms with van der Waals surface area (Å²) in [4.78, 5) is 63.9. The van der Waals surface area contributed by atoms with Gasteiger partial charge >= 0.3 is 6.03 Å². The predicted molar refractivity (Wildman–Crippen MR) is 96.9 cm³/mol. The normalized spacial score (nSPS) is 20.0. The van der Waals surface area contributed by atoms with Gasteiger partial charge in [0, 0.05) is 19.5 Å². The van der Waals surface area contributed by atoms with Crippen molar-refractivity contribution in [3.8, 4) is 0 Å². The van der Waals surface area contributed by atoms with Gasteiger partial charge in [-0.3, -0.25) is 19.2 Å². The van der Waals surface area contributed by atoms with E-state index >= 15 is 0 Å². The van der Waals surface area contributed by atoms with E-state index in [9.17, 15) is 24.0 Å². The van der Waals surface area contributed by atoms with Crippen molar-refractivity contribution in [1.29, 1.82) is 0 Å². The first kappa shape index (κ1) is 20.7. The number of nitrogens with one attached hydrogen (secondary N) is 1. The third kappa shape index (κ3) is 2.47. The first-order valence-electron chi connectivity index (χ1n) is 8.34. The monoisotopic (exact) mass is 390 g/mol. The molecule has 11 nitrogen and oxygen atoms in total. The van der Waals surface area contributed by atoms with Crippen molar-refractivity contribution >= 4 is 29.7 Å². The molecular weight excluding hydrogens is 368 g/mol. The van der Waals surface area contributed by atoms with Crippen molar-refractivity contribution < 1.29 is 24.0 Å². The Morgan fingerprint density at radius 3 is 1.82 bits per heavy atom. The second-order valence-corrected chi connectivity index (χ2v) is 6.43. The Labute approximate surface area is 160 Å². The molecule has 0 aromatic heterocycles. The average Bonchev–Trinajstić information content (AvgIpc) is 2.65. The van der Waals surface area contributed by atoms with Gasteiger partial charge in [0.25, 0.3) is 11.8 Å². The summed E-state index contributed by atoms with van der Waals surface area (Å²) in [6, 6.07) is 7.15. The molecule has 0 spiro atoms. The third-order valence-corrected chi connectivity index (χ3v) is 5.29. The lowest BCUT2D eigenvalue weighted by atomic mass is 9.54. The third-order valence-electron chi connectivity index (χ3n) is 5.29. The summed E-state index contributed by atoms with van der Waals surface area (Å²) in [6.07, 6.45) is -0.00831. The molecule has 150 valence electrons. The predicted octanol–water partition coefficient (Wildman–Crippen LogP) is -2.52. The minimum absolute atomic E-state index is 0.00831. The molecule has 1 aliphatic heterocycles. The van der Waals surface area contributed by atoms with E-state index in [0.717, 1.165) is 0 Å². The van der Waals surface area contributed by atoms with E-state index in [-0.39, 0.29) is 13.0 Å². The molecule has 1 heterocycles. The summed E-state index contributed by atoms with van der Waals surface area (Å²) in [7, 11) is 1.23. The smallest absolute Gasteiger partial charge is 0.318 e. The molecule has 1 aromatic rings. The van der Waals surface area contributed by atoms with Crippen molar-refractivity contribution in [1.82, 2.24) is 10.2 Å². The Morgan fingerprint density at radius 1 is 0.929 bits per heavy atom. The molecule has 0 saturated carbocycles. The second-order valence-electron chi connectivity index (χ2n) is 6.43. The number of carbonyl (C=O) groups is 5. The highest BCUT2D eigenvalue weighted by Gasteiger charge is 2.75. The van der Waals surface area contributed by atoms with Gasteiger partial charge in [0.15, 0.2) is 5.41 Å². The zero-order valence-corrected chi connectivity index (χ0v) is 15.2. The maximum atomic E-state index is 12.7. The van der Waals surface area contributed by atoms with Crippen LogP contribution in [0.25, 0.3) is 0 Å². The van der Waals surface area contributed by atoms with Crippen LogP contribution < -0.4 is 28.3 Å². The van der Waals surface area contributed by atoms with Gasteiger partial charge < -0.3 is 33.2 Å². The fraction of sp³-hybridized carbons (Fsp3) is 0.353. The van der Waals surface area contributed by atoms with E-state index in [2.05, 4.69) is 5.32 Å². The van der Waals surface area contributed by atoms with E-state index < -0.39 is 46.5 Å². The number of piperidine rings is 1. The SMILES string of the molecule is CNC(=O)N1CCC(c2ccccc2)C(C(N)=O)(C(N)=O)C1(C(N)=O)C(N)=O. The van der Waals surface area contributed by atoms with E-state index in [1.807, 2.05) is 0 Å². The van der Waals surface area contributed by atoms with Crippen molar-refractivity contribution in [2.24, 2.45) is 28.3 Å². The van der Waals surface area contributed by atoms with Gasteiger partial charge in [-0.05, 0) is 12.0 Å². The molecule has 0 aliphatic carbocycles. The zero-order valence-electron chi connectivity index (χ0n) is 15.2. The van der Waals surface area contributed by atoms with Gasteiger partial charge in [0.05, 0.1) is 0 Å². The number of hydrogen-bond acceptors (Lipinski definition) is 5. The fourth-order valence-corrected chi connectivity index (χ4v) is 4.20. The van der Waals surface area contributed by atoms with Crippen molar-refractivity contribution in [2.45, 2.75) is 17.9 Å². The van der Waals surface area contributed by atoms with Crippen molar-refractivity contribution in [3.05, 3.63) is 35.9 Å². The number of hydrogen-bond donors (Lipinski definition) is 5. The van der Waals surface area contributed by atoms with Crippen LogP contribution in [0.4, 0.5) is 4.79 Å². The number of nitrogens with two attached hydrogens (primary N) is 4. The highest BCUT2D eigenvalue weighted by atomic mass is 16.2.